The third kappa shape index (κ3) is 4.83. The third-order valence-corrected chi connectivity index (χ3v) is 9.27. The third-order valence-electron chi connectivity index (χ3n) is 9.27. The monoisotopic (exact) mass is 613 g/mol. The Morgan fingerprint density at radius 3 is 1.58 bits per heavy atom. The maximum absolute atomic E-state index is 6.61. The Labute approximate surface area is 279 Å². The van der Waals surface area contributed by atoms with E-state index in [9.17, 15) is 0 Å². The Morgan fingerprint density at radius 2 is 0.875 bits per heavy atom. The van der Waals surface area contributed by atoms with Crippen molar-refractivity contribution in [3.05, 3.63) is 188 Å². The van der Waals surface area contributed by atoms with Crippen LogP contribution in [0.15, 0.2) is 192 Å². The fraction of sp³-hybridized carbons (Fsp3) is 0. The predicted octanol–water partition coefficient (Wildman–Crippen LogP) is 13.2. The van der Waals surface area contributed by atoms with Crippen molar-refractivity contribution in [2.45, 2.75) is 0 Å². The number of furan rings is 1. The van der Waals surface area contributed by atoms with Crippen molar-refractivity contribution in [1.29, 1.82) is 0 Å². The van der Waals surface area contributed by atoms with E-state index in [0.717, 1.165) is 39.0 Å². The van der Waals surface area contributed by atoms with Crippen LogP contribution in [0.5, 0.6) is 0 Å². The molecule has 0 spiro atoms. The van der Waals surface area contributed by atoms with E-state index < -0.39 is 0 Å². The molecule has 1 heterocycles. The van der Waals surface area contributed by atoms with Gasteiger partial charge in [-0.1, -0.05) is 146 Å². The summed E-state index contributed by atoms with van der Waals surface area (Å²) in [5.74, 6) is 0. The Bertz CT molecular complexity index is 2530. The number of para-hydroxylation sites is 1. The molecule has 0 bridgehead atoms. The summed E-state index contributed by atoms with van der Waals surface area (Å²) >= 11 is 0. The van der Waals surface area contributed by atoms with Gasteiger partial charge in [-0.25, -0.2) is 0 Å². The first kappa shape index (κ1) is 27.9. The minimum Gasteiger partial charge on any atom is -0.456 e. The quantitative estimate of drug-likeness (QED) is 0.185. The van der Waals surface area contributed by atoms with Crippen LogP contribution in [0, 0.1) is 0 Å². The summed E-state index contributed by atoms with van der Waals surface area (Å²) in [6, 6.07) is 66.8. The molecular formula is C46H31NO. The Balaban J connectivity index is 1.27. The second-order valence-corrected chi connectivity index (χ2v) is 12.1. The fourth-order valence-electron chi connectivity index (χ4n) is 7.02. The summed E-state index contributed by atoms with van der Waals surface area (Å²) in [5, 5.41) is 4.64. The van der Waals surface area contributed by atoms with Gasteiger partial charge >= 0.3 is 0 Å². The van der Waals surface area contributed by atoms with Crippen LogP contribution < -0.4 is 4.90 Å². The van der Waals surface area contributed by atoms with Gasteiger partial charge in [-0.15, -0.1) is 0 Å². The molecule has 8 aromatic carbocycles. The van der Waals surface area contributed by atoms with E-state index in [1.165, 1.54) is 44.2 Å². The van der Waals surface area contributed by atoms with Gasteiger partial charge in [-0.2, -0.15) is 0 Å². The zero-order valence-electron chi connectivity index (χ0n) is 26.3. The van der Waals surface area contributed by atoms with E-state index in [-0.39, 0.29) is 0 Å². The average Bonchev–Trinajstić information content (AvgIpc) is 3.54. The standard InChI is InChI=1S/C46H31NO/c1-4-14-32(15-5-1)33-24-26-36(27-25-33)47(43-23-13-12-20-38(43)34-16-6-2-7-17-34)37-28-29-44-42(30-37)46-40-22-11-10-21-39(40)41(31-45(46)48-44)35-18-8-3-9-19-35/h1-31H. The second kappa shape index (κ2) is 11.8. The van der Waals surface area contributed by atoms with Gasteiger partial charge < -0.3 is 9.32 Å². The van der Waals surface area contributed by atoms with Gasteiger partial charge in [-0.3, -0.25) is 0 Å². The number of fused-ring (bicyclic) bond motifs is 5. The molecule has 0 aliphatic carbocycles. The number of nitrogens with zero attached hydrogens (tertiary/aromatic N) is 1. The highest BCUT2D eigenvalue weighted by Crippen LogP contribution is 2.45. The molecule has 1 aromatic heterocycles. The highest BCUT2D eigenvalue weighted by atomic mass is 16.3. The van der Waals surface area contributed by atoms with Crippen molar-refractivity contribution in [2.24, 2.45) is 0 Å². The minimum atomic E-state index is 0.875. The molecule has 0 aliphatic heterocycles. The van der Waals surface area contributed by atoms with E-state index >= 15 is 0 Å². The molecule has 0 atom stereocenters. The molecule has 2 heteroatoms. The Hall–Kier alpha value is -6.38. The van der Waals surface area contributed by atoms with Crippen molar-refractivity contribution in [1.82, 2.24) is 0 Å². The van der Waals surface area contributed by atoms with Gasteiger partial charge in [-0.05, 0) is 81.1 Å². The first-order valence-electron chi connectivity index (χ1n) is 16.4. The van der Waals surface area contributed by atoms with Gasteiger partial charge in [0.05, 0.1) is 5.69 Å². The summed E-state index contributed by atoms with van der Waals surface area (Å²) in [6.07, 6.45) is 0. The lowest BCUT2D eigenvalue weighted by atomic mass is 9.95. The Kier molecular flexibility index (Phi) is 6.84. The van der Waals surface area contributed by atoms with Crippen LogP contribution in [0.1, 0.15) is 0 Å². The minimum absolute atomic E-state index is 0.875. The van der Waals surface area contributed by atoms with E-state index in [0.29, 0.717) is 0 Å². The van der Waals surface area contributed by atoms with Crippen molar-refractivity contribution >= 4 is 49.8 Å². The normalized spacial score (nSPS) is 11.3. The smallest absolute Gasteiger partial charge is 0.136 e. The number of benzene rings is 8. The molecule has 0 saturated carbocycles. The van der Waals surface area contributed by atoms with E-state index in [4.69, 9.17) is 4.42 Å². The topological polar surface area (TPSA) is 16.4 Å². The molecule has 0 amide bonds. The Morgan fingerprint density at radius 1 is 0.333 bits per heavy atom. The molecule has 9 rings (SSSR count). The van der Waals surface area contributed by atoms with Crippen LogP contribution in [-0.2, 0) is 0 Å². The summed E-state index contributed by atoms with van der Waals surface area (Å²) in [5.41, 5.74) is 12.1. The number of anilines is 3. The number of hydrogen-bond acceptors (Lipinski definition) is 2. The largest absolute Gasteiger partial charge is 0.456 e. The van der Waals surface area contributed by atoms with Crippen LogP contribution in [0.25, 0.3) is 66.1 Å². The summed E-state index contributed by atoms with van der Waals surface area (Å²) in [4.78, 5) is 2.37. The highest BCUT2D eigenvalue weighted by molar-refractivity contribution is 6.22. The summed E-state index contributed by atoms with van der Waals surface area (Å²) < 4.78 is 6.61. The van der Waals surface area contributed by atoms with Crippen LogP contribution in [-0.4, -0.2) is 0 Å². The molecule has 0 saturated heterocycles. The second-order valence-electron chi connectivity index (χ2n) is 12.1. The predicted molar refractivity (Wildman–Crippen MR) is 202 cm³/mol. The summed E-state index contributed by atoms with van der Waals surface area (Å²) in [6.45, 7) is 0. The SMILES string of the molecule is c1ccc(-c2ccc(N(c3ccc4oc5cc(-c6ccccc6)c6ccccc6c5c4c3)c3ccccc3-c3ccccc3)cc2)cc1. The van der Waals surface area contributed by atoms with Crippen molar-refractivity contribution in [3.63, 3.8) is 0 Å². The van der Waals surface area contributed by atoms with Crippen LogP contribution >= 0.6 is 0 Å². The van der Waals surface area contributed by atoms with Crippen LogP contribution in [0.2, 0.25) is 0 Å². The first-order valence-corrected chi connectivity index (χ1v) is 16.4. The summed E-state index contributed by atoms with van der Waals surface area (Å²) in [7, 11) is 0. The van der Waals surface area contributed by atoms with Gasteiger partial charge in [0.25, 0.3) is 0 Å². The molecule has 0 radical (unpaired) electrons. The molecule has 2 nitrogen and oxygen atoms in total. The van der Waals surface area contributed by atoms with Crippen molar-refractivity contribution in [2.75, 3.05) is 4.90 Å². The number of rotatable bonds is 6. The van der Waals surface area contributed by atoms with E-state index in [1.54, 1.807) is 0 Å². The molecule has 9 aromatic rings. The number of hydrogen-bond donors (Lipinski definition) is 0. The van der Waals surface area contributed by atoms with Crippen molar-refractivity contribution < 1.29 is 4.42 Å². The lowest BCUT2D eigenvalue weighted by molar-refractivity contribution is 0.669. The van der Waals surface area contributed by atoms with Gasteiger partial charge in [0.2, 0.25) is 0 Å². The van der Waals surface area contributed by atoms with E-state index in [2.05, 4.69) is 193 Å². The highest BCUT2D eigenvalue weighted by Gasteiger charge is 2.20. The van der Waals surface area contributed by atoms with Crippen LogP contribution in [0.3, 0.4) is 0 Å². The maximum atomic E-state index is 6.61. The molecule has 0 unspecified atom stereocenters. The first-order chi connectivity index (χ1) is 23.8. The molecule has 0 fully saturated rings. The lowest BCUT2D eigenvalue weighted by Gasteiger charge is -2.28. The van der Waals surface area contributed by atoms with E-state index in [1.807, 2.05) is 0 Å². The molecular weight excluding hydrogens is 583 g/mol. The average molecular weight is 614 g/mol. The van der Waals surface area contributed by atoms with Crippen LogP contribution in [0.4, 0.5) is 17.1 Å². The maximum Gasteiger partial charge on any atom is 0.136 e. The zero-order valence-corrected chi connectivity index (χ0v) is 26.3. The van der Waals surface area contributed by atoms with Gasteiger partial charge in [0, 0.05) is 27.7 Å². The molecule has 226 valence electrons. The molecule has 0 N–H and O–H groups in total. The van der Waals surface area contributed by atoms with Gasteiger partial charge in [0.1, 0.15) is 11.2 Å². The fourth-order valence-corrected chi connectivity index (χ4v) is 7.02. The lowest BCUT2D eigenvalue weighted by Crippen LogP contribution is -2.11. The molecule has 0 aliphatic rings. The van der Waals surface area contributed by atoms with Crippen molar-refractivity contribution in [3.8, 4) is 33.4 Å². The molecule has 48 heavy (non-hydrogen) atoms. The van der Waals surface area contributed by atoms with Gasteiger partial charge in [0.15, 0.2) is 0 Å². The zero-order chi connectivity index (χ0) is 31.9.